The van der Waals surface area contributed by atoms with Gasteiger partial charge in [0.15, 0.2) is 0 Å². The van der Waals surface area contributed by atoms with Crippen LogP contribution in [0.25, 0.3) is 0 Å². The van der Waals surface area contributed by atoms with Gasteiger partial charge in [0.1, 0.15) is 16.5 Å². The van der Waals surface area contributed by atoms with E-state index in [2.05, 4.69) is 0 Å². The second-order valence-electron chi connectivity index (χ2n) is 5.91. The third-order valence-corrected chi connectivity index (χ3v) is 4.34. The minimum atomic E-state index is -0.488. The van der Waals surface area contributed by atoms with E-state index >= 15 is 0 Å². The van der Waals surface area contributed by atoms with Gasteiger partial charge in [0, 0.05) is 12.2 Å². The number of benzene rings is 1. The molecule has 2 rings (SSSR count). The molecular weight excluding hydrogens is 353 g/mol. The smallest absolute Gasteiger partial charge is 0.339 e. The Morgan fingerprint density at radius 3 is 2.77 bits per heavy atom. The second-order valence-corrected chi connectivity index (χ2v) is 6.29. The van der Waals surface area contributed by atoms with E-state index in [9.17, 15) is 14.4 Å². The number of pyridine rings is 1. The van der Waals surface area contributed by atoms with Crippen LogP contribution >= 0.6 is 12.2 Å². The lowest BCUT2D eigenvalue weighted by atomic mass is 10.1. The molecule has 0 bridgehead atoms. The average Bonchev–Trinajstić information content (AvgIpc) is 2.59. The van der Waals surface area contributed by atoms with Crippen LogP contribution in [-0.2, 0) is 18.0 Å². The maximum atomic E-state index is 13.4. The summed E-state index contributed by atoms with van der Waals surface area (Å²) < 4.78 is 20.5. The summed E-state index contributed by atoms with van der Waals surface area (Å²) in [5, 5.41) is 9.33. The Morgan fingerprint density at radius 2 is 2.15 bits per heavy atom. The molecule has 0 N–H and O–H groups in total. The van der Waals surface area contributed by atoms with E-state index < -0.39 is 5.97 Å². The van der Waals surface area contributed by atoms with Gasteiger partial charge in [-0.3, -0.25) is 4.90 Å². The highest BCUT2D eigenvalue weighted by Crippen LogP contribution is 2.17. The van der Waals surface area contributed by atoms with Crippen molar-refractivity contribution in [2.75, 3.05) is 13.7 Å². The molecule has 1 aromatic heterocycles. The Labute approximate surface area is 157 Å². The first-order chi connectivity index (χ1) is 12.4. The molecule has 0 amide bonds. The summed E-state index contributed by atoms with van der Waals surface area (Å²) in [6, 6.07) is 9.86. The Morgan fingerprint density at radius 1 is 1.42 bits per heavy atom. The molecule has 0 saturated carbocycles. The first kappa shape index (κ1) is 19.8. The summed E-state index contributed by atoms with van der Waals surface area (Å²) in [5.41, 5.74) is 2.00. The van der Waals surface area contributed by atoms with Crippen molar-refractivity contribution in [1.82, 2.24) is 9.47 Å². The number of nitriles is 1. The van der Waals surface area contributed by atoms with Gasteiger partial charge in [0.05, 0.1) is 24.4 Å². The lowest BCUT2D eigenvalue weighted by Crippen LogP contribution is -2.25. The fraction of sp³-hybridized carbons (Fsp3) is 0.316. The Hall–Kier alpha value is -2.56. The molecule has 0 radical (unpaired) electrons. The first-order valence-electron chi connectivity index (χ1n) is 8.12. The summed E-state index contributed by atoms with van der Waals surface area (Å²) in [7, 11) is 1.86. The Balaban J connectivity index is 2.35. The minimum absolute atomic E-state index is 0.243. The fourth-order valence-electron chi connectivity index (χ4n) is 2.66. The molecular formula is C19H20FN3O2S. The summed E-state index contributed by atoms with van der Waals surface area (Å²) in [6.07, 6.45) is 0. The van der Waals surface area contributed by atoms with Crippen LogP contribution in [0.15, 0.2) is 30.3 Å². The van der Waals surface area contributed by atoms with Crippen LogP contribution in [0, 0.1) is 28.7 Å². The first-order valence-corrected chi connectivity index (χ1v) is 8.52. The number of esters is 1. The molecule has 0 unspecified atom stereocenters. The third kappa shape index (κ3) is 4.54. The van der Waals surface area contributed by atoms with E-state index in [0.29, 0.717) is 29.1 Å². The van der Waals surface area contributed by atoms with Crippen molar-refractivity contribution in [1.29, 1.82) is 5.26 Å². The molecule has 0 fully saturated rings. The van der Waals surface area contributed by atoms with Gasteiger partial charge in [-0.15, -0.1) is 0 Å². The summed E-state index contributed by atoms with van der Waals surface area (Å²) in [5.74, 6) is -0.780. The number of rotatable bonds is 6. The lowest BCUT2D eigenvalue weighted by Gasteiger charge is -2.22. The SMILES string of the molecule is CCOC(=O)c1cc(C#N)c(=S)n(CN(C)Cc2cccc(F)c2)c1C. The van der Waals surface area contributed by atoms with E-state index in [1.54, 1.807) is 24.5 Å². The largest absolute Gasteiger partial charge is 0.462 e. The molecule has 0 atom stereocenters. The van der Waals surface area contributed by atoms with Gasteiger partial charge in [-0.25, -0.2) is 9.18 Å². The Kier molecular flexibility index (Phi) is 6.61. The lowest BCUT2D eigenvalue weighted by molar-refractivity contribution is 0.0523. The molecule has 2 aromatic rings. The summed E-state index contributed by atoms with van der Waals surface area (Å²) >= 11 is 5.39. The van der Waals surface area contributed by atoms with Crippen molar-refractivity contribution in [2.45, 2.75) is 27.1 Å². The number of nitrogens with zero attached hydrogens (tertiary/aromatic N) is 3. The standard InChI is InChI=1S/C19H20FN3O2S/c1-4-25-19(24)17-9-15(10-21)18(26)23(13(17)2)12-22(3)11-14-6-5-7-16(20)8-14/h5-9H,4,11-12H2,1-3H3. The quantitative estimate of drug-likeness (QED) is 0.569. The number of aromatic nitrogens is 1. The normalized spacial score (nSPS) is 10.6. The van der Waals surface area contributed by atoms with E-state index in [4.69, 9.17) is 17.0 Å². The molecule has 136 valence electrons. The Bertz CT molecular complexity index is 918. The van der Waals surface area contributed by atoms with Crippen molar-refractivity contribution in [2.24, 2.45) is 0 Å². The van der Waals surface area contributed by atoms with E-state index in [1.165, 1.54) is 18.2 Å². The van der Waals surface area contributed by atoms with Gasteiger partial charge in [-0.05, 0) is 44.7 Å². The van der Waals surface area contributed by atoms with Gasteiger partial charge < -0.3 is 9.30 Å². The van der Waals surface area contributed by atoms with E-state index in [-0.39, 0.29) is 18.0 Å². The van der Waals surface area contributed by atoms with Gasteiger partial charge in [0.2, 0.25) is 0 Å². The molecule has 1 heterocycles. The highest BCUT2D eigenvalue weighted by Gasteiger charge is 2.17. The van der Waals surface area contributed by atoms with Crippen LogP contribution in [0.5, 0.6) is 0 Å². The molecule has 26 heavy (non-hydrogen) atoms. The molecule has 7 heteroatoms. The van der Waals surface area contributed by atoms with Crippen molar-refractivity contribution < 1.29 is 13.9 Å². The zero-order chi connectivity index (χ0) is 19.3. The van der Waals surface area contributed by atoms with Crippen LogP contribution in [-0.4, -0.2) is 29.1 Å². The molecule has 1 aromatic carbocycles. The topological polar surface area (TPSA) is 58.3 Å². The zero-order valence-electron chi connectivity index (χ0n) is 15.0. The zero-order valence-corrected chi connectivity index (χ0v) is 15.8. The van der Waals surface area contributed by atoms with Crippen LogP contribution < -0.4 is 0 Å². The monoisotopic (exact) mass is 373 g/mol. The number of hydrogen-bond donors (Lipinski definition) is 0. The van der Waals surface area contributed by atoms with Crippen molar-refractivity contribution in [3.05, 3.63) is 63.2 Å². The van der Waals surface area contributed by atoms with Gasteiger partial charge >= 0.3 is 5.97 Å². The predicted octanol–water partition coefficient (Wildman–Crippen LogP) is 3.80. The van der Waals surface area contributed by atoms with Crippen LogP contribution in [0.3, 0.4) is 0 Å². The maximum absolute atomic E-state index is 13.4. The highest BCUT2D eigenvalue weighted by atomic mass is 32.1. The molecule has 0 aliphatic rings. The van der Waals surface area contributed by atoms with Gasteiger partial charge in [-0.1, -0.05) is 24.4 Å². The number of halogens is 1. The summed E-state index contributed by atoms with van der Waals surface area (Å²) in [6.45, 7) is 4.57. The van der Waals surface area contributed by atoms with Crippen LogP contribution in [0.1, 0.15) is 34.1 Å². The summed E-state index contributed by atoms with van der Waals surface area (Å²) in [4.78, 5) is 14.1. The van der Waals surface area contributed by atoms with Crippen LogP contribution in [0.2, 0.25) is 0 Å². The van der Waals surface area contributed by atoms with Crippen molar-refractivity contribution in [3.63, 3.8) is 0 Å². The second kappa shape index (κ2) is 8.70. The molecule has 5 nitrogen and oxygen atoms in total. The number of hydrogen-bond acceptors (Lipinski definition) is 5. The van der Waals surface area contributed by atoms with Crippen LogP contribution in [0.4, 0.5) is 4.39 Å². The average molecular weight is 373 g/mol. The van der Waals surface area contributed by atoms with Gasteiger partial charge in [0.25, 0.3) is 0 Å². The predicted molar refractivity (Wildman–Crippen MR) is 98.5 cm³/mol. The number of carbonyl (C=O) groups excluding carboxylic acids is 1. The van der Waals surface area contributed by atoms with Crippen molar-refractivity contribution >= 4 is 18.2 Å². The van der Waals surface area contributed by atoms with E-state index in [1.807, 2.05) is 24.1 Å². The molecule has 0 aliphatic heterocycles. The number of carbonyl (C=O) groups is 1. The fourth-order valence-corrected chi connectivity index (χ4v) is 2.96. The molecule has 0 spiro atoms. The highest BCUT2D eigenvalue weighted by molar-refractivity contribution is 7.71. The molecule has 0 aliphatic carbocycles. The van der Waals surface area contributed by atoms with Gasteiger partial charge in [-0.2, -0.15) is 5.26 Å². The minimum Gasteiger partial charge on any atom is -0.462 e. The van der Waals surface area contributed by atoms with E-state index in [0.717, 1.165) is 5.56 Å². The maximum Gasteiger partial charge on any atom is 0.339 e. The third-order valence-electron chi connectivity index (χ3n) is 3.90. The number of ether oxygens (including phenoxy) is 1. The molecule has 0 saturated heterocycles. The van der Waals surface area contributed by atoms with Crippen molar-refractivity contribution in [3.8, 4) is 6.07 Å².